The Morgan fingerprint density at radius 2 is 1.86 bits per heavy atom. The SMILES string of the molecule is C=C1CCC(N2Cc3cc(O[C@H]4CCC[C@H]4N4CC(Oc5ccccc5Cl)C4)ccc3C2=O)C(=O)N1. The number of likely N-dealkylation sites (tertiary alicyclic amines) is 1. The van der Waals surface area contributed by atoms with Crippen LogP contribution >= 0.6 is 11.6 Å². The van der Waals surface area contributed by atoms with E-state index in [9.17, 15) is 9.59 Å². The highest BCUT2D eigenvalue weighted by Crippen LogP contribution is 2.35. The molecule has 2 aromatic carbocycles. The lowest BCUT2D eigenvalue weighted by molar-refractivity contribution is -0.126. The van der Waals surface area contributed by atoms with Crippen molar-refractivity contribution in [2.75, 3.05) is 13.1 Å². The number of para-hydroxylation sites is 1. The van der Waals surface area contributed by atoms with Gasteiger partial charge in [-0.05, 0) is 68.0 Å². The fourth-order valence-corrected chi connectivity index (χ4v) is 6.06. The third kappa shape index (κ3) is 4.35. The number of amides is 2. The van der Waals surface area contributed by atoms with Crippen LogP contribution in [0.4, 0.5) is 0 Å². The molecule has 4 aliphatic rings. The van der Waals surface area contributed by atoms with E-state index in [0.29, 0.717) is 41.7 Å². The first-order valence-electron chi connectivity index (χ1n) is 12.7. The van der Waals surface area contributed by atoms with Crippen LogP contribution in [0.5, 0.6) is 11.5 Å². The molecule has 3 atom stereocenters. The molecule has 2 saturated heterocycles. The van der Waals surface area contributed by atoms with Crippen LogP contribution < -0.4 is 14.8 Å². The lowest BCUT2D eigenvalue weighted by Gasteiger charge is -2.44. The van der Waals surface area contributed by atoms with Crippen LogP contribution in [0.3, 0.4) is 0 Å². The molecule has 3 fully saturated rings. The normalized spacial score (nSPS) is 26.5. The van der Waals surface area contributed by atoms with Gasteiger partial charge >= 0.3 is 0 Å². The van der Waals surface area contributed by atoms with E-state index in [4.69, 9.17) is 21.1 Å². The van der Waals surface area contributed by atoms with E-state index < -0.39 is 6.04 Å². The summed E-state index contributed by atoms with van der Waals surface area (Å²) in [6.07, 6.45) is 4.77. The number of fused-ring (bicyclic) bond motifs is 1. The minimum atomic E-state index is -0.452. The summed E-state index contributed by atoms with van der Waals surface area (Å²) < 4.78 is 12.5. The first-order valence-corrected chi connectivity index (χ1v) is 13.1. The highest BCUT2D eigenvalue weighted by molar-refractivity contribution is 6.32. The van der Waals surface area contributed by atoms with Gasteiger partial charge in [-0.15, -0.1) is 0 Å². The molecule has 36 heavy (non-hydrogen) atoms. The van der Waals surface area contributed by atoms with Crippen molar-refractivity contribution < 1.29 is 19.1 Å². The number of nitrogens with zero attached hydrogens (tertiary/aromatic N) is 2. The van der Waals surface area contributed by atoms with E-state index in [0.717, 1.165) is 49.4 Å². The van der Waals surface area contributed by atoms with Gasteiger partial charge in [-0.3, -0.25) is 14.5 Å². The zero-order valence-corrected chi connectivity index (χ0v) is 20.9. The van der Waals surface area contributed by atoms with Crippen molar-refractivity contribution in [2.24, 2.45) is 0 Å². The molecule has 0 aromatic heterocycles. The van der Waals surface area contributed by atoms with Gasteiger partial charge in [0, 0.05) is 36.9 Å². The van der Waals surface area contributed by atoms with E-state index in [-0.39, 0.29) is 24.0 Å². The quantitative estimate of drug-likeness (QED) is 0.636. The van der Waals surface area contributed by atoms with Crippen molar-refractivity contribution >= 4 is 23.4 Å². The molecule has 0 radical (unpaired) electrons. The number of ether oxygens (including phenoxy) is 2. The fraction of sp³-hybridized carbons (Fsp3) is 0.429. The molecule has 1 N–H and O–H groups in total. The predicted octanol–water partition coefficient (Wildman–Crippen LogP) is 4.15. The van der Waals surface area contributed by atoms with Crippen molar-refractivity contribution in [3.63, 3.8) is 0 Å². The second-order valence-corrected chi connectivity index (χ2v) is 10.6. The summed E-state index contributed by atoms with van der Waals surface area (Å²) in [5, 5.41) is 3.43. The highest BCUT2D eigenvalue weighted by atomic mass is 35.5. The van der Waals surface area contributed by atoms with Crippen molar-refractivity contribution in [2.45, 2.75) is 62.9 Å². The second kappa shape index (κ2) is 9.45. The van der Waals surface area contributed by atoms with Gasteiger partial charge in [-0.25, -0.2) is 0 Å². The molecule has 8 heteroatoms. The molecule has 1 aliphatic carbocycles. The number of carbonyl (C=O) groups excluding carboxylic acids is 2. The summed E-state index contributed by atoms with van der Waals surface area (Å²) in [6, 6.07) is 13.2. The van der Waals surface area contributed by atoms with E-state index in [1.807, 2.05) is 42.5 Å². The van der Waals surface area contributed by atoms with Crippen molar-refractivity contribution in [3.8, 4) is 11.5 Å². The van der Waals surface area contributed by atoms with Gasteiger partial charge in [0.05, 0.1) is 5.02 Å². The topological polar surface area (TPSA) is 71.1 Å². The standard InChI is InChI=1S/C28H30ClN3O4/c1-17-9-12-24(27(33)30-17)32-14-18-13-19(10-11-21(18)28(32)34)35-26-8-4-6-23(26)31-15-20(16-31)36-25-7-3-2-5-22(25)29/h2-3,5,7,10-11,13,20,23-24,26H,1,4,6,8-9,12,14-16H2,(H,30,33)/t23-,24?,26+/m1/s1. The van der Waals surface area contributed by atoms with Crippen molar-refractivity contribution in [1.29, 1.82) is 0 Å². The van der Waals surface area contributed by atoms with Crippen LogP contribution in [0.2, 0.25) is 5.02 Å². The van der Waals surface area contributed by atoms with Crippen LogP contribution in [0.25, 0.3) is 0 Å². The largest absolute Gasteiger partial charge is 0.489 e. The summed E-state index contributed by atoms with van der Waals surface area (Å²) in [4.78, 5) is 29.6. The van der Waals surface area contributed by atoms with Gasteiger partial charge in [-0.1, -0.05) is 30.3 Å². The Hall–Kier alpha value is -3.03. The summed E-state index contributed by atoms with van der Waals surface area (Å²) in [7, 11) is 0. The number of allylic oxidation sites excluding steroid dienone is 1. The number of halogens is 1. The molecule has 1 saturated carbocycles. The molecule has 1 unspecified atom stereocenters. The van der Waals surface area contributed by atoms with Gasteiger partial charge in [0.1, 0.15) is 29.7 Å². The number of benzene rings is 2. The maximum atomic E-state index is 13.0. The van der Waals surface area contributed by atoms with Crippen LogP contribution in [-0.4, -0.2) is 59.0 Å². The molecule has 2 amide bonds. The molecule has 7 nitrogen and oxygen atoms in total. The minimum Gasteiger partial charge on any atom is -0.489 e. The number of nitrogens with one attached hydrogen (secondary N) is 1. The molecular formula is C28H30ClN3O4. The maximum absolute atomic E-state index is 13.0. The van der Waals surface area contributed by atoms with Crippen LogP contribution in [-0.2, 0) is 11.3 Å². The smallest absolute Gasteiger partial charge is 0.255 e. The summed E-state index contributed by atoms with van der Waals surface area (Å²) in [5.41, 5.74) is 2.29. The maximum Gasteiger partial charge on any atom is 0.255 e. The molecule has 2 aromatic rings. The van der Waals surface area contributed by atoms with Gasteiger partial charge in [0.25, 0.3) is 5.91 Å². The molecule has 188 valence electrons. The summed E-state index contributed by atoms with van der Waals surface area (Å²) in [6.45, 7) is 5.98. The molecule has 3 aliphatic heterocycles. The Kier molecular flexibility index (Phi) is 6.13. The van der Waals surface area contributed by atoms with Gasteiger partial charge in [0.15, 0.2) is 0 Å². The Labute approximate surface area is 216 Å². The fourth-order valence-electron chi connectivity index (χ4n) is 5.88. The number of piperidine rings is 1. The monoisotopic (exact) mass is 507 g/mol. The Morgan fingerprint density at radius 3 is 2.67 bits per heavy atom. The molecule has 6 rings (SSSR count). The number of carbonyl (C=O) groups is 2. The van der Waals surface area contributed by atoms with Crippen molar-refractivity contribution in [3.05, 3.63) is 70.9 Å². The Balaban J connectivity index is 1.07. The van der Waals surface area contributed by atoms with Gasteiger partial charge in [-0.2, -0.15) is 0 Å². The summed E-state index contributed by atoms with van der Waals surface area (Å²) in [5.74, 6) is 1.28. The molecule has 0 bridgehead atoms. The zero-order valence-electron chi connectivity index (χ0n) is 20.1. The molecule has 3 heterocycles. The minimum absolute atomic E-state index is 0.0897. The average molecular weight is 508 g/mol. The second-order valence-electron chi connectivity index (χ2n) is 10.2. The highest BCUT2D eigenvalue weighted by Gasteiger charge is 2.42. The lowest BCUT2D eigenvalue weighted by atomic mass is 10.0. The first-order chi connectivity index (χ1) is 17.5. The van der Waals surface area contributed by atoms with Crippen LogP contribution in [0, 0.1) is 0 Å². The third-order valence-electron chi connectivity index (χ3n) is 7.79. The van der Waals surface area contributed by atoms with E-state index >= 15 is 0 Å². The lowest BCUT2D eigenvalue weighted by Crippen LogP contribution is -2.60. The van der Waals surface area contributed by atoms with E-state index in [1.165, 1.54) is 0 Å². The Morgan fingerprint density at radius 1 is 1.03 bits per heavy atom. The first kappa shape index (κ1) is 23.4. The Bertz CT molecular complexity index is 1210. The number of hydrogen-bond acceptors (Lipinski definition) is 5. The van der Waals surface area contributed by atoms with E-state index in [1.54, 1.807) is 4.90 Å². The van der Waals surface area contributed by atoms with Crippen molar-refractivity contribution in [1.82, 2.24) is 15.1 Å². The number of hydrogen-bond donors (Lipinski definition) is 1. The zero-order chi connectivity index (χ0) is 24.8. The average Bonchev–Trinajstić information content (AvgIpc) is 3.41. The van der Waals surface area contributed by atoms with E-state index in [2.05, 4.69) is 16.8 Å². The van der Waals surface area contributed by atoms with Gasteiger partial charge in [0.2, 0.25) is 5.91 Å². The van der Waals surface area contributed by atoms with Crippen LogP contribution in [0.1, 0.15) is 48.0 Å². The summed E-state index contributed by atoms with van der Waals surface area (Å²) >= 11 is 6.24. The molecular weight excluding hydrogens is 478 g/mol. The van der Waals surface area contributed by atoms with Crippen LogP contribution in [0.15, 0.2) is 54.7 Å². The van der Waals surface area contributed by atoms with Gasteiger partial charge < -0.3 is 19.7 Å². The third-order valence-corrected chi connectivity index (χ3v) is 8.10. The molecule has 0 spiro atoms. The predicted molar refractivity (Wildman–Crippen MR) is 136 cm³/mol. The number of rotatable bonds is 6.